The number of fused-ring (bicyclic) bond motifs is 1. The molecule has 1 aliphatic heterocycles. The summed E-state index contributed by atoms with van der Waals surface area (Å²) < 4.78 is 5.50. The topological polar surface area (TPSA) is 82.8 Å². The Kier molecular flexibility index (Phi) is 8.88. The smallest absolute Gasteiger partial charge is 0.309 e. The number of carboxylic acid groups (broad SMARTS) is 1. The maximum Gasteiger partial charge on any atom is 0.309 e. The Balaban J connectivity index is 1.30. The van der Waals surface area contributed by atoms with E-state index in [1.165, 1.54) is 11.1 Å². The van der Waals surface area contributed by atoms with Crippen LogP contribution < -0.4 is 5.32 Å². The first-order chi connectivity index (χ1) is 19.4. The van der Waals surface area contributed by atoms with Gasteiger partial charge in [-0.2, -0.15) is 0 Å². The molecule has 0 radical (unpaired) electrons. The van der Waals surface area contributed by atoms with E-state index in [0.717, 1.165) is 52.8 Å². The van der Waals surface area contributed by atoms with Crippen LogP contribution >= 0.6 is 11.6 Å². The molecule has 5 rings (SSSR count). The van der Waals surface area contributed by atoms with Crippen LogP contribution in [0.4, 0.5) is 0 Å². The summed E-state index contributed by atoms with van der Waals surface area (Å²) in [5, 5.41) is 15.2. The molecule has 0 aliphatic carbocycles. The van der Waals surface area contributed by atoms with Gasteiger partial charge in [0.05, 0.1) is 18.7 Å². The molecule has 0 spiro atoms. The van der Waals surface area contributed by atoms with Crippen LogP contribution in [0, 0.1) is 5.92 Å². The summed E-state index contributed by atoms with van der Waals surface area (Å²) in [7, 11) is 0. The van der Waals surface area contributed by atoms with E-state index >= 15 is 0 Å². The average Bonchev–Trinajstić information content (AvgIpc) is 3.57. The first-order valence-electron chi connectivity index (χ1n) is 14.0. The Morgan fingerprint density at radius 3 is 2.55 bits per heavy atom. The number of carboxylic acids is 1. The predicted octanol–water partition coefficient (Wildman–Crippen LogP) is 6.63. The Morgan fingerprint density at radius 2 is 1.80 bits per heavy atom. The molecule has 0 bridgehead atoms. The van der Waals surface area contributed by atoms with E-state index in [2.05, 4.69) is 30.4 Å². The van der Waals surface area contributed by atoms with Crippen molar-refractivity contribution in [3.05, 3.63) is 106 Å². The van der Waals surface area contributed by atoms with E-state index in [4.69, 9.17) is 16.0 Å². The fourth-order valence-corrected chi connectivity index (χ4v) is 6.12. The number of unbranched alkanes of at least 4 members (excludes halogenated alkanes) is 1. The monoisotopic (exact) mass is 558 g/mol. The number of aliphatic carboxylic acids is 1. The molecule has 208 valence electrons. The number of rotatable bonds is 11. The molecule has 1 amide bonds. The van der Waals surface area contributed by atoms with Crippen LogP contribution in [0.15, 0.2) is 83.5 Å². The fraction of sp³-hybridized carbons (Fsp3) is 0.333. The van der Waals surface area contributed by atoms with E-state index in [9.17, 15) is 14.7 Å². The third-order valence-electron chi connectivity index (χ3n) is 7.97. The van der Waals surface area contributed by atoms with Gasteiger partial charge in [0.1, 0.15) is 5.58 Å². The summed E-state index contributed by atoms with van der Waals surface area (Å²) in [6.45, 7) is 3.29. The van der Waals surface area contributed by atoms with Crippen LogP contribution in [0.3, 0.4) is 0 Å². The van der Waals surface area contributed by atoms with Gasteiger partial charge in [-0.1, -0.05) is 61.0 Å². The fourth-order valence-electron chi connectivity index (χ4n) is 5.91. The molecule has 3 aromatic carbocycles. The second kappa shape index (κ2) is 12.7. The van der Waals surface area contributed by atoms with Gasteiger partial charge in [0, 0.05) is 35.5 Å². The number of hydrogen-bond acceptors (Lipinski definition) is 4. The van der Waals surface area contributed by atoms with Crippen LogP contribution in [0.1, 0.15) is 54.0 Å². The molecule has 6 nitrogen and oxygen atoms in total. The molecule has 4 aromatic rings. The second-order valence-electron chi connectivity index (χ2n) is 10.6. The Hall–Kier alpha value is -3.61. The lowest BCUT2D eigenvalue weighted by Crippen LogP contribution is -2.38. The van der Waals surface area contributed by atoms with Gasteiger partial charge >= 0.3 is 5.97 Å². The first-order valence-corrected chi connectivity index (χ1v) is 14.3. The largest absolute Gasteiger partial charge is 0.481 e. The standard InChI is InChI=1S/C33H35ClN2O4/c1-2-22-9-11-24(12-10-22)32-31(33(38)39)28(25-13-14-29-26(19-25)15-17-40-29)20-36(32)21-30(37)35-16-4-3-6-23-7-5-8-27(34)18-23/h5,7-15,17-19,28,31-32H,2-4,6,16,20-21H2,1H3,(H,35,37)(H,38,39)/t28-,31+,32-/m1/s1. The zero-order chi connectivity index (χ0) is 28.1. The van der Waals surface area contributed by atoms with Crippen molar-refractivity contribution in [1.82, 2.24) is 10.2 Å². The highest BCUT2D eigenvalue weighted by Gasteiger charge is 2.47. The van der Waals surface area contributed by atoms with Crippen LogP contribution in [0.5, 0.6) is 0 Å². The number of hydrogen-bond donors (Lipinski definition) is 2. The van der Waals surface area contributed by atoms with Crippen molar-refractivity contribution in [2.24, 2.45) is 5.92 Å². The summed E-state index contributed by atoms with van der Waals surface area (Å²) in [4.78, 5) is 27.9. The Bertz CT molecular complexity index is 1460. The second-order valence-corrected chi connectivity index (χ2v) is 11.0. The highest BCUT2D eigenvalue weighted by atomic mass is 35.5. The first kappa shape index (κ1) is 27.9. The van der Waals surface area contributed by atoms with Gasteiger partial charge in [-0.05, 0) is 78.3 Å². The lowest BCUT2D eigenvalue weighted by atomic mass is 9.82. The van der Waals surface area contributed by atoms with Gasteiger partial charge in [-0.3, -0.25) is 14.5 Å². The molecule has 2 heterocycles. The van der Waals surface area contributed by atoms with Gasteiger partial charge in [0.15, 0.2) is 0 Å². The lowest BCUT2D eigenvalue weighted by molar-refractivity contribution is -0.143. The van der Waals surface area contributed by atoms with Crippen molar-refractivity contribution in [2.75, 3.05) is 19.6 Å². The quantitative estimate of drug-likeness (QED) is 0.202. The predicted molar refractivity (Wildman–Crippen MR) is 158 cm³/mol. The molecule has 1 aliphatic rings. The molecule has 1 saturated heterocycles. The van der Waals surface area contributed by atoms with Crippen molar-refractivity contribution in [1.29, 1.82) is 0 Å². The van der Waals surface area contributed by atoms with Crippen molar-refractivity contribution in [3.8, 4) is 0 Å². The normalized spacial score (nSPS) is 19.2. The van der Waals surface area contributed by atoms with Gasteiger partial charge in [0.25, 0.3) is 0 Å². The molecular formula is C33H35ClN2O4. The molecule has 0 unspecified atom stereocenters. The third kappa shape index (κ3) is 6.40. The van der Waals surface area contributed by atoms with Crippen LogP contribution in [0.25, 0.3) is 11.0 Å². The van der Waals surface area contributed by atoms with E-state index in [0.29, 0.717) is 13.1 Å². The average molecular weight is 559 g/mol. The summed E-state index contributed by atoms with van der Waals surface area (Å²) in [5.74, 6) is -1.90. The number of likely N-dealkylation sites (tertiary alicyclic amines) is 1. The summed E-state index contributed by atoms with van der Waals surface area (Å²) >= 11 is 6.08. The number of benzene rings is 3. The summed E-state index contributed by atoms with van der Waals surface area (Å²) in [6, 6.07) is 23.3. The zero-order valence-corrected chi connectivity index (χ0v) is 23.4. The number of amides is 1. The van der Waals surface area contributed by atoms with E-state index in [-0.39, 0.29) is 18.4 Å². The molecule has 3 atom stereocenters. The maximum absolute atomic E-state index is 13.1. The van der Waals surface area contributed by atoms with Crippen molar-refractivity contribution in [2.45, 2.75) is 44.6 Å². The van der Waals surface area contributed by atoms with Crippen molar-refractivity contribution >= 4 is 34.4 Å². The molecule has 2 N–H and O–H groups in total. The van der Waals surface area contributed by atoms with Gasteiger partial charge in [-0.25, -0.2) is 0 Å². The zero-order valence-electron chi connectivity index (χ0n) is 22.7. The number of carbonyl (C=O) groups excluding carboxylic acids is 1. The SMILES string of the molecule is CCc1ccc([C@@H]2[C@@H](C(=O)O)[C@@H](c3ccc4occc4c3)CN2CC(=O)NCCCCc2cccc(Cl)c2)cc1. The van der Waals surface area contributed by atoms with Crippen molar-refractivity contribution < 1.29 is 19.1 Å². The minimum absolute atomic E-state index is 0.0898. The molecule has 0 saturated carbocycles. The number of halogens is 1. The minimum Gasteiger partial charge on any atom is -0.481 e. The molecular weight excluding hydrogens is 524 g/mol. The lowest BCUT2D eigenvalue weighted by Gasteiger charge is -2.27. The van der Waals surface area contributed by atoms with Crippen LogP contribution in [0.2, 0.25) is 5.02 Å². The molecule has 40 heavy (non-hydrogen) atoms. The Morgan fingerprint density at radius 1 is 1.00 bits per heavy atom. The van der Waals surface area contributed by atoms with E-state index < -0.39 is 17.9 Å². The number of nitrogens with one attached hydrogen (secondary N) is 1. The van der Waals surface area contributed by atoms with E-state index in [1.54, 1.807) is 6.26 Å². The highest BCUT2D eigenvalue weighted by molar-refractivity contribution is 6.30. The van der Waals surface area contributed by atoms with Crippen molar-refractivity contribution in [3.63, 3.8) is 0 Å². The number of nitrogens with zero attached hydrogens (tertiary/aromatic N) is 1. The van der Waals surface area contributed by atoms with Gasteiger partial charge in [0.2, 0.25) is 5.91 Å². The number of carbonyl (C=O) groups is 2. The molecule has 1 fully saturated rings. The highest BCUT2D eigenvalue weighted by Crippen LogP contribution is 2.46. The van der Waals surface area contributed by atoms with E-state index in [1.807, 2.05) is 59.5 Å². The third-order valence-corrected chi connectivity index (χ3v) is 8.20. The van der Waals surface area contributed by atoms with Crippen LogP contribution in [-0.4, -0.2) is 41.5 Å². The molecule has 1 aromatic heterocycles. The summed E-state index contributed by atoms with van der Waals surface area (Å²) in [6.07, 6.45) is 5.24. The molecule has 7 heteroatoms. The van der Waals surface area contributed by atoms with Gasteiger partial charge in [-0.15, -0.1) is 0 Å². The Labute approximate surface area is 239 Å². The van der Waals surface area contributed by atoms with Crippen LogP contribution in [-0.2, 0) is 22.4 Å². The minimum atomic E-state index is -0.856. The summed E-state index contributed by atoms with van der Waals surface area (Å²) in [5.41, 5.74) is 5.02. The maximum atomic E-state index is 13.1. The number of aryl methyl sites for hydroxylation is 2. The number of furan rings is 1. The van der Waals surface area contributed by atoms with Gasteiger partial charge < -0.3 is 14.8 Å².